The number of hydrogen-bond donors (Lipinski definition) is 3. The Morgan fingerprint density at radius 1 is 1.35 bits per heavy atom. The fraction of sp³-hybridized carbons (Fsp3) is 0.588. The van der Waals surface area contributed by atoms with E-state index in [0.717, 1.165) is 6.54 Å². The Bertz CT molecular complexity index is 580. The summed E-state index contributed by atoms with van der Waals surface area (Å²) in [6, 6.07) is 4.45. The molecule has 26 heavy (non-hydrogen) atoms. The van der Waals surface area contributed by atoms with Crippen molar-refractivity contribution >= 4 is 30.7 Å². The predicted molar refractivity (Wildman–Crippen MR) is 104 cm³/mol. The number of likely N-dealkylation sites (N-methyl/N-ethyl adjacent to an activating group) is 1. The topological polar surface area (TPSA) is 73.8 Å². The molecule has 0 bridgehead atoms. The minimum Gasteiger partial charge on any atom is -0.497 e. The van der Waals surface area contributed by atoms with Crippen molar-refractivity contribution in [1.29, 1.82) is 0 Å². The molecule has 0 aliphatic carbocycles. The fourth-order valence-electron chi connectivity index (χ4n) is 2.89. The molecule has 0 spiro atoms. The number of carbonyl (C=O) groups is 1. The van der Waals surface area contributed by atoms with Gasteiger partial charge in [0, 0.05) is 38.3 Å². The first-order valence-corrected chi connectivity index (χ1v) is 8.19. The summed E-state index contributed by atoms with van der Waals surface area (Å²) in [6.45, 7) is 2.25. The number of amides is 1. The molecule has 1 aliphatic heterocycles. The lowest BCUT2D eigenvalue weighted by atomic mass is 9.91. The van der Waals surface area contributed by atoms with Gasteiger partial charge in [-0.25, -0.2) is 4.39 Å². The number of nitrogens with zero attached hydrogens (tertiary/aromatic N) is 1. The highest BCUT2D eigenvalue weighted by molar-refractivity contribution is 5.86. The van der Waals surface area contributed by atoms with Crippen molar-refractivity contribution in [2.24, 2.45) is 0 Å². The smallest absolute Gasteiger partial charge is 0.256 e. The van der Waals surface area contributed by atoms with Gasteiger partial charge in [-0.05, 0) is 38.1 Å². The van der Waals surface area contributed by atoms with E-state index < -0.39 is 5.60 Å². The van der Waals surface area contributed by atoms with E-state index in [2.05, 4.69) is 10.6 Å². The Hall–Kier alpha value is -1.12. The van der Waals surface area contributed by atoms with Gasteiger partial charge in [0.05, 0.1) is 7.11 Å². The van der Waals surface area contributed by atoms with E-state index in [9.17, 15) is 14.3 Å². The number of carbonyl (C=O) groups excluding carboxylic acids is 1. The molecular formula is C17H28Cl2FN3O3. The van der Waals surface area contributed by atoms with Crippen molar-refractivity contribution in [3.8, 4) is 5.75 Å². The van der Waals surface area contributed by atoms with Gasteiger partial charge >= 0.3 is 0 Å². The highest BCUT2D eigenvalue weighted by Crippen LogP contribution is 2.25. The molecule has 1 aromatic rings. The average molecular weight is 412 g/mol. The standard InChI is InChI=1S/C17H26FN3O3.2ClH/c1-19-7-8-20-12-17(23)6-3-9-21(16(17)22)11-13-10-14(24-2)4-5-15(13)18;;/h4-5,10,19-20,23H,3,6-9,11-12H2,1-2H3;2*1H. The van der Waals surface area contributed by atoms with Crippen LogP contribution in [0.3, 0.4) is 0 Å². The second-order valence-corrected chi connectivity index (χ2v) is 6.10. The highest BCUT2D eigenvalue weighted by atomic mass is 35.5. The molecule has 1 aromatic carbocycles. The molecule has 150 valence electrons. The zero-order valence-electron chi connectivity index (χ0n) is 15.1. The first-order chi connectivity index (χ1) is 11.5. The van der Waals surface area contributed by atoms with E-state index in [1.54, 1.807) is 12.1 Å². The van der Waals surface area contributed by atoms with Gasteiger partial charge in [-0.15, -0.1) is 24.8 Å². The maximum absolute atomic E-state index is 14.0. The van der Waals surface area contributed by atoms with Gasteiger partial charge in [-0.1, -0.05) is 0 Å². The summed E-state index contributed by atoms with van der Waals surface area (Å²) in [5, 5.41) is 16.7. The molecule has 0 saturated carbocycles. The molecule has 1 unspecified atom stereocenters. The number of ether oxygens (including phenoxy) is 1. The van der Waals surface area contributed by atoms with Crippen LogP contribution in [0.5, 0.6) is 5.75 Å². The Kier molecular flexibility index (Phi) is 11.1. The van der Waals surface area contributed by atoms with Crippen LogP contribution in [-0.4, -0.2) is 61.9 Å². The molecule has 9 heteroatoms. The summed E-state index contributed by atoms with van der Waals surface area (Å²) < 4.78 is 19.1. The van der Waals surface area contributed by atoms with Crippen LogP contribution in [0, 0.1) is 5.82 Å². The maximum Gasteiger partial charge on any atom is 0.256 e. The van der Waals surface area contributed by atoms with Crippen LogP contribution in [0.2, 0.25) is 0 Å². The number of benzene rings is 1. The van der Waals surface area contributed by atoms with Crippen LogP contribution >= 0.6 is 24.8 Å². The number of methoxy groups -OCH3 is 1. The minimum atomic E-state index is -1.43. The molecule has 1 aliphatic rings. The van der Waals surface area contributed by atoms with Gasteiger partial charge in [0.1, 0.15) is 11.6 Å². The van der Waals surface area contributed by atoms with Crippen LogP contribution in [0.15, 0.2) is 18.2 Å². The van der Waals surface area contributed by atoms with E-state index in [4.69, 9.17) is 4.74 Å². The van der Waals surface area contributed by atoms with Crippen molar-refractivity contribution in [2.75, 3.05) is 40.3 Å². The number of nitrogens with one attached hydrogen (secondary N) is 2. The number of aliphatic hydroxyl groups is 1. The molecule has 3 N–H and O–H groups in total. The van der Waals surface area contributed by atoms with E-state index in [-0.39, 0.29) is 49.6 Å². The number of halogens is 3. The minimum absolute atomic E-state index is 0. The molecule has 2 rings (SSSR count). The zero-order chi connectivity index (χ0) is 17.6. The average Bonchev–Trinajstić information content (AvgIpc) is 2.58. The van der Waals surface area contributed by atoms with Crippen LogP contribution < -0.4 is 15.4 Å². The van der Waals surface area contributed by atoms with E-state index in [1.165, 1.54) is 18.1 Å². The van der Waals surface area contributed by atoms with E-state index in [0.29, 0.717) is 37.2 Å². The molecular weight excluding hydrogens is 384 g/mol. The third-order valence-corrected chi connectivity index (χ3v) is 4.29. The summed E-state index contributed by atoms with van der Waals surface area (Å²) in [6.07, 6.45) is 1.09. The summed E-state index contributed by atoms with van der Waals surface area (Å²) in [5.41, 5.74) is -1.04. The van der Waals surface area contributed by atoms with Crippen molar-refractivity contribution in [3.05, 3.63) is 29.6 Å². The lowest BCUT2D eigenvalue weighted by Crippen LogP contribution is -2.58. The summed E-state index contributed by atoms with van der Waals surface area (Å²) >= 11 is 0. The van der Waals surface area contributed by atoms with Gasteiger partial charge in [0.25, 0.3) is 5.91 Å². The Balaban J connectivity index is 0.00000312. The molecule has 1 saturated heterocycles. The van der Waals surface area contributed by atoms with Crippen molar-refractivity contribution in [1.82, 2.24) is 15.5 Å². The van der Waals surface area contributed by atoms with Crippen LogP contribution in [0.25, 0.3) is 0 Å². The quantitative estimate of drug-likeness (QED) is 0.562. The maximum atomic E-state index is 14.0. The number of hydrogen-bond acceptors (Lipinski definition) is 5. The molecule has 0 aromatic heterocycles. The van der Waals surface area contributed by atoms with Gasteiger partial charge in [0.15, 0.2) is 5.60 Å². The Morgan fingerprint density at radius 3 is 2.73 bits per heavy atom. The predicted octanol–water partition coefficient (Wildman–Crippen LogP) is 1.34. The molecule has 1 atom stereocenters. The summed E-state index contributed by atoms with van der Waals surface area (Å²) in [4.78, 5) is 14.2. The largest absolute Gasteiger partial charge is 0.497 e. The number of rotatable bonds is 8. The Labute approximate surface area is 166 Å². The fourth-order valence-corrected chi connectivity index (χ4v) is 2.89. The van der Waals surface area contributed by atoms with Crippen LogP contribution in [0.4, 0.5) is 4.39 Å². The molecule has 6 nitrogen and oxygen atoms in total. The lowest BCUT2D eigenvalue weighted by molar-refractivity contribution is -0.157. The summed E-state index contributed by atoms with van der Waals surface area (Å²) in [5.74, 6) is -0.197. The summed E-state index contributed by atoms with van der Waals surface area (Å²) in [7, 11) is 3.35. The second-order valence-electron chi connectivity index (χ2n) is 6.10. The monoisotopic (exact) mass is 411 g/mol. The number of piperidine rings is 1. The molecule has 1 amide bonds. The van der Waals surface area contributed by atoms with Crippen LogP contribution in [-0.2, 0) is 11.3 Å². The Morgan fingerprint density at radius 2 is 2.08 bits per heavy atom. The molecule has 1 heterocycles. The van der Waals surface area contributed by atoms with Gasteiger partial charge < -0.3 is 25.4 Å². The van der Waals surface area contributed by atoms with Crippen molar-refractivity contribution in [3.63, 3.8) is 0 Å². The van der Waals surface area contributed by atoms with E-state index >= 15 is 0 Å². The van der Waals surface area contributed by atoms with Gasteiger partial charge in [0.2, 0.25) is 0 Å². The second kappa shape index (κ2) is 11.6. The number of likely N-dealkylation sites (tertiary alicyclic amines) is 1. The lowest BCUT2D eigenvalue weighted by Gasteiger charge is -2.38. The van der Waals surface area contributed by atoms with Crippen molar-refractivity contribution < 1.29 is 19.0 Å². The highest BCUT2D eigenvalue weighted by Gasteiger charge is 2.41. The van der Waals surface area contributed by atoms with Gasteiger partial charge in [-0.2, -0.15) is 0 Å². The van der Waals surface area contributed by atoms with E-state index in [1.807, 2.05) is 7.05 Å². The normalized spacial score (nSPS) is 19.5. The third-order valence-electron chi connectivity index (χ3n) is 4.29. The SMILES string of the molecule is CNCCNCC1(O)CCCN(Cc2cc(OC)ccc2F)C1=O.Cl.Cl. The molecule has 0 radical (unpaired) electrons. The zero-order valence-corrected chi connectivity index (χ0v) is 16.7. The first-order valence-electron chi connectivity index (χ1n) is 8.19. The third kappa shape index (κ3) is 6.25. The van der Waals surface area contributed by atoms with Crippen molar-refractivity contribution in [2.45, 2.75) is 25.0 Å². The molecule has 1 fully saturated rings. The van der Waals surface area contributed by atoms with Gasteiger partial charge in [-0.3, -0.25) is 4.79 Å². The van der Waals surface area contributed by atoms with Crippen LogP contribution in [0.1, 0.15) is 18.4 Å². The first kappa shape index (κ1) is 24.9.